The lowest BCUT2D eigenvalue weighted by Gasteiger charge is -2.42. The van der Waals surface area contributed by atoms with E-state index in [2.05, 4.69) is 33.8 Å². The summed E-state index contributed by atoms with van der Waals surface area (Å²) in [5, 5.41) is 0. The molecule has 4 atom stereocenters. The van der Waals surface area contributed by atoms with Gasteiger partial charge in [-0.05, 0) is 39.7 Å². The first kappa shape index (κ1) is 19.2. The molecule has 5 rings (SSSR count). The van der Waals surface area contributed by atoms with Crippen LogP contribution in [0.2, 0.25) is 0 Å². The average molecular weight is 402 g/mol. The Bertz CT molecular complexity index is 895. The Morgan fingerprint density at radius 1 is 1.21 bits per heavy atom. The largest absolute Gasteiger partial charge is 0.382 e. The van der Waals surface area contributed by atoms with Gasteiger partial charge in [0.15, 0.2) is 23.5 Å². The molecule has 2 saturated heterocycles. The number of nitrogens with zero attached hydrogens (tertiary/aromatic N) is 5. The molecule has 158 valence electrons. The first-order valence-electron chi connectivity index (χ1n) is 10.5. The van der Waals surface area contributed by atoms with Crippen LogP contribution in [0.25, 0.3) is 11.2 Å². The number of rotatable bonds is 5. The molecular weight excluding hydrogens is 372 g/mol. The minimum Gasteiger partial charge on any atom is -0.382 e. The number of hydrogen-bond acceptors (Lipinski definition) is 8. The molecule has 1 aliphatic carbocycles. The van der Waals surface area contributed by atoms with Crippen molar-refractivity contribution in [1.29, 1.82) is 0 Å². The molecule has 2 aliphatic heterocycles. The third-order valence-electron chi connectivity index (χ3n) is 6.67. The Kier molecular flexibility index (Phi) is 4.54. The summed E-state index contributed by atoms with van der Waals surface area (Å²) in [6.07, 6.45) is 6.11. The topological polar surface area (TPSA) is 101 Å². The summed E-state index contributed by atoms with van der Waals surface area (Å²) >= 11 is 0. The standard InChI is InChI=1S/C20H30N6O3/c1-5-11-6-12(7-11)25(4)8-13-15-16(29-20(2,3)28-15)19(27-13)26-10-24-14-17(21)22-9-23-18(14)26/h9-13,15-16,19H,5-8H2,1-4H3,(H2,21,22,23)/t11?,12?,13-,15-,16-,19-/m1/s1. The van der Waals surface area contributed by atoms with Gasteiger partial charge in [0.1, 0.15) is 30.2 Å². The van der Waals surface area contributed by atoms with E-state index in [9.17, 15) is 0 Å². The van der Waals surface area contributed by atoms with Crippen LogP contribution in [0, 0.1) is 5.92 Å². The normalized spacial score (nSPS) is 35.9. The van der Waals surface area contributed by atoms with Gasteiger partial charge in [-0.3, -0.25) is 4.57 Å². The fourth-order valence-corrected chi connectivity index (χ4v) is 4.91. The fourth-order valence-electron chi connectivity index (χ4n) is 4.91. The number of anilines is 1. The average Bonchev–Trinajstić information content (AvgIpc) is 3.27. The van der Waals surface area contributed by atoms with Gasteiger partial charge in [0.2, 0.25) is 0 Å². The third kappa shape index (κ3) is 3.20. The molecule has 2 N–H and O–H groups in total. The molecule has 1 saturated carbocycles. The first-order chi connectivity index (χ1) is 13.9. The molecule has 0 aromatic carbocycles. The summed E-state index contributed by atoms with van der Waals surface area (Å²) in [6.45, 7) is 6.98. The molecule has 4 heterocycles. The molecule has 2 aromatic rings. The van der Waals surface area contributed by atoms with Crippen molar-refractivity contribution < 1.29 is 14.2 Å². The van der Waals surface area contributed by atoms with Crippen molar-refractivity contribution >= 4 is 17.0 Å². The maximum atomic E-state index is 6.49. The lowest BCUT2D eigenvalue weighted by atomic mass is 9.78. The number of fused-ring (bicyclic) bond motifs is 2. The minimum atomic E-state index is -0.650. The van der Waals surface area contributed by atoms with Crippen LogP contribution in [0.15, 0.2) is 12.7 Å². The monoisotopic (exact) mass is 402 g/mol. The van der Waals surface area contributed by atoms with Crippen molar-refractivity contribution in [2.45, 2.75) is 76.4 Å². The van der Waals surface area contributed by atoms with Crippen LogP contribution in [0.4, 0.5) is 5.82 Å². The Labute approximate surface area is 170 Å². The van der Waals surface area contributed by atoms with E-state index in [0.717, 1.165) is 12.5 Å². The van der Waals surface area contributed by atoms with Gasteiger partial charge in [0.25, 0.3) is 0 Å². The molecule has 0 amide bonds. The minimum absolute atomic E-state index is 0.0888. The second-order valence-corrected chi connectivity index (χ2v) is 9.05. The van der Waals surface area contributed by atoms with E-state index in [1.165, 1.54) is 25.6 Å². The summed E-state index contributed by atoms with van der Waals surface area (Å²) < 4.78 is 20.9. The van der Waals surface area contributed by atoms with Gasteiger partial charge in [-0.1, -0.05) is 13.3 Å². The van der Waals surface area contributed by atoms with Crippen molar-refractivity contribution in [3.8, 4) is 0 Å². The SMILES string of the molecule is CCC1CC(N(C)C[C@H]2O[C@@H](n3cnc4c(N)ncnc43)[C@@H]3OC(C)(C)O[C@@H]32)C1. The quantitative estimate of drug-likeness (QED) is 0.810. The molecule has 3 aliphatic rings. The van der Waals surface area contributed by atoms with Gasteiger partial charge in [-0.25, -0.2) is 15.0 Å². The number of nitrogens with two attached hydrogens (primary N) is 1. The highest BCUT2D eigenvalue weighted by Gasteiger charge is 2.56. The molecule has 0 unspecified atom stereocenters. The van der Waals surface area contributed by atoms with Crippen molar-refractivity contribution in [3.05, 3.63) is 12.7 Å². The van der Waals surface area contributed by atoms with Gasteiger partial charge in [0, 0.05) is 12.6 Å². The number of ether oxygens (including phenoxy) is 3. The Morgan fingerprint density at radius 3 is 2.72 bits per heavy atom. The summed E-state index contributed by atoms with van der Waals surface area (Å²) in [7, 11) is 2.18. The van der Waals surface area contributed by atoms with E-state index < -0.39 is 5.79 Å². The Hall–Kier alpha value is -1.81. The van der Waals surface area contributed by atoms with E-state index in [-0.39, 0.29) is 24.5 Å². The maximum absolute atomic E-state index is 6.49. The molecule has 0 radical (unpaired) electrons. The summed E-state index contributed by atoms with van der Waals surface area (Å²) in [5.74, 6) is 0.571. The highest BCUT2D eigenvalue weighted by atomic mass is 16.8. The lowest BCUT2D eigenvalue weighted by molar-refractivity contribution is -0.198. The molecule has 9 nitrogen and oxygen atoms in total. The molecule has 0 spiro atoms. The Morgan fingerprint density at radius 2 is 1.97 bits per heavy atom. The van der Waals surface area contributed by atoms with Gasteiger partial charge in [-0.2, -0.15) is 0 Å². The highest BCUT2D eigenvalue weighted by molar-refractivity contribution is 5.81. The molecular formula is C20H30N6O3. The highest BCUT2D eigenvalue weighted by Crippen LogP contribution is 2.44. The van der Waals surface area contributed by atoms with Crippen LogP contribution in [0.3, 0.4) is 0 Å². The van der Waals surface area contributed by atoms with Crippen molar-refractivity contribution in [1.82, 2.24) is 24.4 Å². The summed E-state index contributed by atoms with van der Waals surface area (Å²) in [5.41, 5.74) is 7.18. The third-order valence-corrected chi connectivity index (χ3v) is 6.67. The lowest BCUT2D eigenvalue weighted by Crippen LogP contribution is -2.47. The first-order valence-corrected chi connectivity index (χ1v) is 10.5. The van der Waals surface area contributed by atoms with Crippen molar-refractivity contribution in [2.24, 2.45) is 5.92 Å². The number of nitrogen functional groups attached to an aromatic ring is 1. The maximum Gasteiger partial charge on any atom is 0.167 e. The van der Waals surface area contributed by atoms with E-state index in [0.29, 0.717) is 23.0 Å². The van der Waals surface area contributed by atoms with Crippen LogP contribution in [-0.4, -0.2) is 68.2 Å². The van der Waals surface area contributed by atoms with Crippen LogP contribution in [-0.2, 0) is 14.2 Å². The van der Waals surface area contributed by atoms with E-state index in [1.54, 1.807) is 6.33 Å². The van der Waals surface area contributed by atoms with Gasteiger partial charge < -0.3 is 24.8 Å². The van der Waals surface area contributed by atoms with Gasteiger partial charge in [0.05, 0.1) is 6.33 Å². The molecule has 2 aromatic heterocycles. The second kappa shape index (κ2) is 6.87. The smallest absolute Gasteiger partial charge is 0.167 e. The number of aromatic nitrogens is 4. The zero-order valence-corrected chi connectivity index (χ0v) is 17.5. The van der Waals surface area contributed by atoms with Crippen LogP contribution >= 0.6 is 0 Å². The molecule has 29 heavy (non-hydrogen) atoms. The van der Waals surface area contributed by atoms with E-state index in [1.807, 2.05) is 18.4 Å². The second-order valence-electron chi connectivity index (χ2n) is 9.05. The van der Waals surface area contributed by atoms with Crippen LogP contribution in [0.1, 0.15) is 46.3 Å². The van der Waals surface area contributed by atoms with Gasteiger partial charge in [-0.15, -0.1) is 0 Å². The summed E-state index contributed by atoms with van der Waals surface area (Å²) in [4.78, 5) is 15.2. The van der Waals surface area contributed by atoms with E-state index >= 15 is 0 Å². The number of hydrogen-bond donors (Lipinski definition) is 1. The van der Waals surface area contributed by atoms with E-state index in [4.69, 9.17) is 19.9 Å². The molecule has 0 bridgehead atoms. The number of likely N-dealkylation sites (N-methyl/N-ethyl adjacent to an activating group) is 1. The molecule has 3 fully saturated rings. The van der Waals surface area contributed by atoms with Crippen LogP contribution < -0.4 is 5.73 Å². The fraction of sp³-hybridized carbons (Fsp3) is 0.750. The predicted octanol–water partition coefficient (Wildman–Crippen LogP) is 1.95. The Balaban J connectivity index is 1.39. The number of imidazole rings is 1. The predicted molar refractivity (Wildman–Crippen MR) is 107 cm³/mol. The van der Waals surface area contributed by atoms with Crippen molar-refractivity contribution in [2.75, 3.05) is 19.3 Å². The van der Waals surface area contributed by atoms with Crippen LogP contribution in [0.5, 0.6) is 0 Å². The van der Waals surface area contributed by atoms with Gasteiger partial charge >= 0.3 is 0 Å². The van der Waals surface area contributed by atoms with Crippen molar-refractivity contribution in [3.63, 3.8) is 0 Å². The molecule has 9 heteroatoms. The summed E-state index contributed by atoms with van der Waals surface area (Å²) in [6, 6.07) is 0.623. The zero-order valence-electron chi connectivity index (χ0n) is 17.5. The zero-order chi connectivity index (χ0) is 20.3.